The van der Waals surface area contributed by atoms with Crippen molar-refractivity contribution < 1.29 is 28.2 Å². The summed E-state index contributed by atoms with van der Waals surface area (Å²) < 4.78 is 25.8. The molecular formula is C26H21FIN3O5. The van der Waals surface area contributed by atoms with Crippen LogP contribution in [0.3, 0.4) is 0 Å². The van der Waals surface area contributed by atoms with Crippen LogP contribution in [0.4, 0.5) is 15.8 Å². The average Bonchev–Trinajstić information content (AvgIpc) is 3.14. The third-order valence-corrected chi connectivity index (χ3v) is 5.85. The molecule has 36 heavy (non-hydrogen) atoms. The van der Waals surface area contributed by atoms with E-state index in [1.807, 2.05) is 28.7 Å². The predicted molar refractivity (Wildman–Crippen MR) is 141 cm³/mol. The summed E-state index contributed by atoms with van der Waals surface area (Å²) in [6.45, 7) is 1.73. The van der Waals surface area contributed by atoms with Crippen LogP contribution in [-0.2, 0) is 14.4 Å². The summed E-state index contributed by atoms with van der Waals surface area (Å²) in [5.74, 6) is -1.45. The van der Waals surface area contributed by atoms with E-state index < -0.39 is 23.5 Å². The van der Waals surface area contributed by atoms with E-state index in [1.165, 1.54) is 29.3 Å². The first-order valence-electron chi connectivity index (χ1n) is 10.9. The van der Waals surface area contributed by atoms with E-state index in [9.17, 15) is 18.8 Å². The van der Waals surface area contributed by atoms with Crippen LogP contribution in [0.25, 0.3) is 6.08 Å². The van der Waals surface area contributed by atoms with Gasteiger partial charge in [0.2, 0.25) is 0 Å². The Balaban J connectivity index is 1.53. The fourth-order valence-electron chi connectivity index (χ4n) is 3.44. The van der Waals surface area contributed by atoms with Gasteiger partial charge < -0.3 is 14.8 Å². The van der Waals surface area contributed by atoms with Crippen molar-refractivity contribution >= 4 is 57.8 Å². The fourth-order valence-corrected chi connectivity index (χ4v) is 4.22. The summed E-state index contributed by atoms with van der Waals surface area (Å²) in [5.41, 5.74) is 3.66. The molecule has 3 aromatic rings. The summed E-state index contributed by atoms with van der Waals surface area (Å²) in [6, 6.07) is 17.9. The molecule has 0 aromatic heterocycles. The summed E-state index contributed by atoms with van der Waals surface area (Å²) in [5, 5.41) is 3.65. The zero-order valence-corrected chi connectivity index (χ0v) is 21.2. The Hall–Kier alpha value is -3.93. The number of carbonyl (C=O) groups is 3. The Labute approximate surface area is 220 Å². The standard InChI is InChI=1S/C26H21FIN3O5/c1-2-35-22-14-16(12-18-25(33)30-31(26(18)34)17-8-4-3-5-9-17)13-20(28)24(22)36-15-23(32)29-21-11-7-6-10-19(21)27/h3-14H,2,15H2,1H3,(H,29,32)(H,30,33)/b18-12-. The van der Waals surface area contributed by atoms with Crippen LogP contribution in [0.15, 0.2) is 72.3 Å². The van der Waals surface area contributed by atoms with E-state index in [4.69, 9.17) is 9.47 Å². The second-order valence-electron chi connectivity index (χ2n) is 7.55. The van der Waals surface area contributed by atoms with Gasteiger partial charge in [0, 0.05) is 0 Å². The zero-order valence-electron chi connectivity index (χ0n) is 19.1. The number of hydrogen-bond acceptors (Lipinski definition) is 5. The molecule has 1 aliphatic heterocycles. The molecule has 0 saturated carbocycles. The topological polar surface area (TPSA) is 97.0 Å². The first-order chi connectivity index (χ1) is 17.4. The lowest BCUT2D eigenvalue weighted by Gasteiger charge is -2.15. The zero-order chi connectivity index (χ0) is 25.7. The molecule has 8 nitrogen and oxygen atoms in total. The van der Waals surface area contributed by atoms with Gasteiger partial charge >= 0.3 is 0 Å². The lowest BCUT2D eigenvalue weighted by molar-refractivity contribution is -0.118. The monoisotopic (exact) mass is 601 g/mol. The van der Waals surface area contributed by atoms with Crippen LogP contribution in [0.2, 0.25) is 0 Å². The molecule has 0 atom stereocenters. The molecule has 0 bridgehead atoms. The highest BCUT2D eigenvalue weighted by Gasteiger charge is 2.34. The van der Waals surface area contributed by atoms with Crippen LogP contribution in [-0.4, -0.2) is 30.9 Å². The van der Waals surface area contributed by atoms with Crippen LogP contribution >= 0.6 is 22.6 Å². The molecule has 0 aliphatic carbocycles. The minimum Gasteiger partial charge on any atom is -0.490 e. The van der Waals surface area contributed by atoms with Crippen molar-refractivity contribution in [2.24, 2.45) is 0 Å². The second kappa shape index (κ2) is 11.2. The van der Waals surface area contributed by atoms with E-state index in [0.717, 1.165) is 0 Å². The first-order valence-corrected chi connectivity index (χ1v) is 12.0. The van der Waals surface area contributed by atoms with Crippen LogP contribution in [0.5, 0.6) is 11.5 Å². The smallest absolute Gasteiger partial charge is 0.282 e. The number of anilines is 2. The highest BCUT2D eigenvalue weighted by Crippen LogP contribution is 2.35. The van der Waals surface area contributed by atoms with E-state index in [-0.39, 0.29) is 17.9 Å². The minimum absolute atomic E-state index is 0.0324. The van der Waals surface area contributed by atoms with Crippen molar-refractivity contribution in [2.45, 2.75) is 6.92 Å². The number of nitrogens with zero attached hydrogens (tertiary/aromatic N) is 1. The summed E-state index contributed by atoms with van der Waals surface area (Å²) in [7, 11) is 0. The normalized spacial score (nSPS) is 14.1. The lowest BCUT2D eigenvalue weighted by atomic mass is 10.1. The SMILES string of the molecule is CCOc1cc(/C=C2/C(=O)NN(c3ccccc3)C2=O)cc(I)c1OCC(=O)Nc1ccccc1F. The molecule has 1 fully saturated rings. The highest BCUT2D eigenvalue weighted by molar-refractivity contribution is 14.1. The van der Waals surface area contributed by atoms with Crippen LogP contribution in [0, 0.1) is 9.39 Å². The number of amides is 3. The maximum atomic E-state index is 13.8. The van der Waals surface area contributed by atoms with Gasteiger partial charge in [-0.05, 0) is 77.6 Å². The van der Waals surface area contributed by atoms with Gasteiger partial charge in [-0.25, -0.2) is 9.40 Å². The van der Waals surface area contributed by atoms with Gasteiger partial charge in [-0.2, -0.15) is 0 Å². The van der Waals surface area contributed by atoms with E-state index in [0.29, 0.717) is 32.9 Å². The molecule has 2 N–H and O–H groups in total. The number of para-hydroxylation sites is 2. The molecule has 3 aromatic carbocycles. The Morgan fingerprint density at radius 2 is 1.81 bits per heavy atom. The Kier molecular flexibility index (Phi) is 7.84. The number of hydrogen-bond donors (Lipinski definition) is 2. The van der Waals surface area contributed by atoms with Crippen molar-refractivity contribution in [3.63, 3.8) is 0 Å². The Morgan fingerprint density at radius 1 is 1.08 bits per heavy atom. The van der Waals surface area contributed by atoms with Gasteiger partial charge in [0.15, 0.2) is 18.1 Å². The molecule has 0 unspecified atom stereocenters. The van der Waals surface area contributed by atoms with Gasteiger partial charge in [-0.15, -0.1) is 0 Å². The van der Waals surface area contributed by atoms with Gasteiger partial charge in [0.25, 0.3) is 17.7 Å². The van der Waals surface area contributed by atoms with E-state index >= 15 is 0 Å². The highest BCUT2D eigenvalue weighted by atomic mass is 127. The van der Waals surface area contributed by atoms with Crippen LogP contribution < -0.4 is 25.2 Å². The molecular weight excluding hydrogens is 580 g/mol. The van der Waals surface area contributed by atoms with Gasteiger partial charge in [-0.1, -0.05) is 30.3 Å². The van der Waals surface area contributed by atoms with Crippen molar-refractivity contribution in [2.75, 3.05) is 23.5 Å². The van der Waals surface area contributed by atoms with Crippen molar-refractivity contribution in [1.82, 2.24) is 5.43 Å². The molecule has 0 radical (unpaired) electrons. The lowest BCUT2D eigenvalue weighted by Crippen LogP contribution is -2.35. The number of hydrazine groups is 1. The van der Waals surface area contributed by atoms with E-state index in [1.54, 1.807) is 49.4 Å². The predicted octanol–water partition coefficient (Wildman–Crippen LogP) is 4.31. The molecule has 10 heteroatoms. The third-order valence-electron chi connectivity index (χ3n) is 5.04. The van der Waals surface area contributed by atoms with Gasteiger partial charge in [0.05, 0.1) is 21.6 Å². The average molecular weight is 601 g/mol. The van der Waals surface area contributed by atoms with Gasteiger partial charge in [0.1, 0.15) is 11.4 Å². The molecule has 3 amide bonds. The number of nitrogens with one attached hydrogen (secondary N) is 2. The number of benzene rings is 3. The van der Waals surface area contributed by atoms with Crippen molar-refractivity contribution in [1.29, 1.82) is 0 Å². The molecule has 1 saturated heterocycles. The fraction of sp³-hybridized carbons (Fsp3) is 0.115. The molecule has 1 heterocycles. The molecule has 0 spiro atoms. The first kappa shape index (κ1) is 25.2. The summed E-state index contributed by atoms with van der Waals surface area (Å²) in [4.78, 5) is 37.7. The maximum absolute atomic E-state index is 13.8. The van der Waals surface area contributed by atoms with Crippen LogP contribution in [0.1, 0.15) is 12.5 Å². The maximum Gasteiger partial charge on any atom is 0.282 e. The second-order valence-corrected chi connectivity index (χ2v) is 8.72. The molecule has 184 valence electrons. The summed E-state index contributed by atoms with van der Waals surface area (Å²) >= 11 is 2.02. The minimum atomic E-state index is -0.552. The Morgan fingerprint density at radius 3 is 2.53 bits per heavy atom. The number of rotatable bonds is 8. The number of ether oxygens (including phenoxy) is 2. The molecule has 1 aliphatic rings. The number of halogens is 2. The van der Waals surface area contributed by atoms with E-state index in [2.05, 4.69) is 10.7 Å². The Bertz CT molecular complexity index is 1350. The summed E-state index contributed by atoms with van der Waals surface area (Å²) in [6.07, 6.45) is 1.47. The van der Waals surface area contributed by atoms with Crippen molar-refractivity contribution in [3.8, 4) is 11.5 Å². The number of carbonyl (C=O) groups excluding carboxylic acids is 3. The van der Waals surface area contributed by atoms with Gasteiger partial charge in [-0.3, -0.25) is 19.8 Å². The quantitative estimate of drug-likeness (QED) is 0.228. The largest absolute Gasteiger partial charge is 0.490 e. The molecule has 4 rings (SSSR count). The van der Waals surface area contributed by atoms with Crippen molar-refractivity contribution in [3.05, 3.63) is 87.3 Å². The third kappa shape index (κ3) is 5.65.